The van der Waals surface area contributed by atoms with Gasteiger partial charge in [0, 0.05) is 13.0 Å². The third-order valence-electron chi connectivity index (χ3n) is 3.64. The van der Waals surface area contributed by atoms with Gasteiger partial charge < -0.3 is 15.2 Å². The Kier molecular flexibility index (Phi) is 5.15. The second-order valence-electron chi connectivity index (χ2n) is 5.79. The van der Waals surface area contributed by atoms with E-state index in [-0.39, 0.29) is 0 Å². The van der Waals surface area contributed by atoms with Crippen molar-refractivity contribution in [2.45, 2.75) is 26.7 Å². The Bertz CT molecular complexity index is 518. The Balaban J connectivity index is 1.82. The summed E-state index contributed by atoms with van der Waals surface area (Å²) in [6.07, 6.45) is 2.14. The van der Waals surface area contributed by atoms with Crippen LogP contribution in [0.2, 0.25) is 0 Å². The molecule has 2 rings (SSSR count). The summed E-state index contributed by atoms with van der Waals surface area (Å²) in [5, 5.41) is 3.47. The van der Waals surface area contributed by atoms with Gasteiger partial charge in [-0.1, -0.05) is 0 Å². The van der Waals surface area contributed by atoms with Gasteiger partial charge >= 0.3 is 0 Å². The third kappa shape index (κ3) is 4.05. The number of H-pyrrole nitrogens is 1. The first kappa shape index (κ1) is 15.0. The Morgan fingerprint density at radius 1 is 1.15 bits per heavy atom. The van der Waals surface area contributed by atoms with Crippen LogP contribution in [0, 0.1) is 13.8 Å². The van der Waals surface area contributed by atoms with Crippen LogP contribution in [0.15, 0.2) is 12.1 Å². The molecule has 2 aromatic rings. The summed E-state index contributed by atoms with van der Waals surface area (Å²) in [5.41, 5.74) is 4.85. The van der Waals surface area contributed by atoms with Crippen LogP contribution < -0.4 is 5.32 Å². The van der Waals surface area contributed by atoms with E-state index >= 15 is 0 Å². The SMILES string of the molecule is Cc1cc2nc(CCNCCCN(C)C)[nH]c2cc1C. The third-order valence-corrected chi connectivity index (χ3v) is 3.64. The molecule has 0 unspecified atom stereocenters. The molecular formula is C16H26N4. The number of aromatic nitrogens is 2. The van der Waals surface area contributed by atoms with Crippen LogP contribution in [0.3, 0.4) is 0 Å². The van der Waals surface area contributed by atoms with E-state index in [0.717, 1.165) is 42.9 Å². The molecule has 4 heteroatoms. The van der Waals surface area contributed by atoms with Crippen molar-refractivity contribution in [1.82, 2.24) is 20.2 Å². The van der Waals surface area contributed by atoms with Crippen LogP contribution in [-0.4, -0.2) is 48.6 Å². The number of nitrogens with one attached hydrogen (secondary N) is 2. The fourth-order valence-electron chi connectivity index (χ4n) is 2.29. The highest BCUT2D eigenvalue weighted by Gasteiger charge is 2.04. The van der Waals surface area contributed by atoms with Gasteiger partial charge in [0.05, 0.1) is 11.0 Å². The molecule has 4 nitrogen and oxygen atoms in total. The van der Waals surface area contributed by atoms with Crippen molar-refractivity contribution in [1.29, 1.82) is 0 Å². The van der Waals surface area contributed by atoms with Crippen molar-refractivity contribution in [3.63, 3.8) is 0 Å². The molecule has 0 bridgehead atoms. The number of imidazole rings is 1. The minimum atomic E-state index is 0.953. The summed E-state index contributed by atoms with van der Waals surface area (Å²) < 4.78 is 0. The number of hydrogen-bond acceptors (Lipinski definition) is 3. The number of hydrogen-bond donors (Lipinski definition) is 2. The van der Waals surface area contributed by atoms with Gasteiger partial charge in [-0.05, 0) is 70.7 Å². The molecule has 1 heterocycles. The van der Waals surface area contributed by atoms with Gasteiger partial charge in [0.2, 0.25) is 0 Å². The van der Waals surface area contributed by atoms with Crippen LogP contribution in [0.5, 0.6) is 0 Å². The molecule has 0 amide bonds. The van der Waals surface area contributed by atoms with Gasteiger partial charge in [-0.3, -0.25) is 0 Å². The molecule has 0 saturated carbocycles. The Morgan fingerprint density at radius 2 is 1.90 bits per heavy atom. The van der Waals surface area contributed by atoms with E-state index in [9.17, 15) is 0 Å². The van der Waals surface area contributed by atoms with Gasteiger partial charge in [0.1, 0.15) is 5.82 Å². The van der Waals surface area contributed by atoms with Crippen molar-refractivity contribution in [2.24, 2.45) is 0 Å². The van der Waals surface area contributed by atoms with Crippen LogP contribution >= 0.6 is 0 Å². The van der Waals surface area contributed by atoms with Gasteiger partial charge in [-0.15, -0.1) is 0 Å². The predicted molar refractivity (Wildman–Crippen MR) is 85.3 cm³/mol. The lowest BCUT2D eigenvalue weighted by atomic mass is 10.1. The van der Waals surface area contributed by atoms with E-state index in [1.807, 2.05) is 0 Å². The first-order valence-corrected chi connectivity index (χ1v) is 7.37. The molecule has 0 aliphatic rings. The summed E-state index contributed by atoms with van der Waals surface area (Å²) in [5.74, 6) is 1.07. The predicted octanol–water partition coefficient (Wildman–Crippen LogP) is 2.26. The van der Waals surface area contributed by atoms with Crippen molar-refractivity contribution < 1.29 is 0 Å². The van der Waals surface area contributed by atoms with E-state index in [1.165, 1.54) is 17.5 Å². The molecule has 0 saturated heterocycles. The molecule has 0 fully saturated rings. The van der Waals surface area contributed by atoms with E-state index in [4.69, 9.17) is 0 Å². The standard InChI is InChI=1S/C16H26N4/c1-12-10-14-15(11-13(12)2)19-16(18-14)6-8-17-7-5-9-20(3)4/h10-11,17H,5-9H2,1-4H3,(H,18,19). The van der Waals surface area contributed by atoms with Crippen molar-refractivity contribution in [3.8, 4) is 0 Å². The summed E-state index contributed by atoms with van der Waals surface area (Å²) in [6, 6.07) is 4.35. The maximum Gasteiger partial charge on any atom is 0.108 e. The van der Waals surface area contributed by atoms with Crippen molar-refractivity contribution in [3.05, 3.63) is 29.1 Å². The normalized spacial score (nSPS) is 11.7. The van der Waals surface area contributed by atoms with Crippen LogP contribution in [0.25, 0.3) is 11.0 Å². The van der Waals surface area contributed by atoms with Gasteiger partial charge in [-0.2, -0.15) is 0 Å². The average molecular weight is 274 g/mol. The zero-order chi connectivity index (χ0) is 14.5. The van der Waals surface area contributed by atoms with Crippen LogP contribution in [-0.2, 0) is 6.42 Å². The lowest BCUT2D eigenvalue weighted by Gasteiger charge is -2.09. The lowest BCUT2D eigenvalue weighted by Crippen LogP contribution is -2.23. The maximum absolute atomic E-state index is 4.66. The minimum absolute atomic E-state index is 0.953. The summed E-state index contributed by atoms with van der Waals surface area (Å²) in [6.45, 7) is 7.45. The number of aryl methyl sites for hydroxylation is 2. The highest BCUT2D eigenvalue weighted by Crippen LogP contribution is 2.17. The molecule has 110 valence electrons. The molecule has 0 radical (unpaired) electrons. The molecule has 1 aromatic carbocycles. The first-order chi connectivity index (χ1) is 9.56. The fourth-order valence-corrected chi connectivity index (χ4v) is 2.29. The molecule has 0 aliphatic heterocycles. The number of aromatic amines is 1. The molecule has 20 heavy (non-hydrogen) atoms. The lowest BCUT2D eigenvalue weighted by molar-refractivity contribution is 0.395. The highest BCUT2D eigenvalue weighted by atomic mass is 15.1. The van der Waals surface area contributed by atoms with E-state index in [1.54, 1.807) is 0 Å². The quantitative estimate of drug-likeness (QED) is 0.761. The van der Waals surface area contributed by atoms with Crippen molar-refractivity contribution in [2.75, 3.05) is 33.7 Å². The fraction of sp³-hybridized carbons (Fsp3) is 0.562. The van der Waals surface area contributed by atoms with E-state index in [0.29, 0.717) is 0 Å². The van der Waals surface area contributed by atoms with Gasteiger partial charge in [-0.25, -0.2) is 4.98 Å². The minimum Gasteiger partial charge on any atom is -0.342 e. The Labute approximate surface area is 121 Å². The highest BCUT2D eigenvalue weighted by molar-refractivity contribution is 5.77. The molecule has 1 aromatic heterocycles. The zero-order valence-electron chi connectivity index (χ0n) is 13.1. The van der Waals surface area contributed by atoms with Crippen LogP contribution in [0.4, 0.5) is 0 Å². The first-order valence-electron chi connectivity index (χ1n) is 7.37. The second kappa shape index (κ2) is 6.86. The Morgan fingerprint density at radius 3 is 2.65 bits per heavy atom. The largest absolute Gasteiger partial charge is 0.342 e. The zero-order valence-corrected chi connectivity index (χ0v) is 13.1. The summed E-state index contributed by atoms with van der Waals surface area (Å²) in [4.78, 5) is 10.3. The average Bonchev–Trinajstić information content (AvgIpc) is 2.75. The molecule has 0 spiro atoms. The maximum atomic E-state index is 4.66. The molecule has 0 atom stereocenters. The summed E-state index contributed by atoms with van der Waals surface area (Å²) in [7, 11) is 4.22. The number of fused-ring (bicyclic) bond motifs is 1. The van der Waals surface area contributed by atoms with Crippen molar-refractivity contribution >= 4 is 11.0 Å². The van der Waals surface area contributed by atoms with Crippen LogP contribution in [0.1, 0.15) is 23.4 Å². The van der Waals surface area contributed by atoms with E-state index < -0.39 is 0 Å². The van der Waals surface area contributed by atoms with E-state index in [2.05, 4.69) is 60.3 Å². The molecular weight excluding hydrogens is 248 g/mol. The monoisotopic (exact) mass is 274 g/mol. The Hall–Kier alpha value is -1.39. The number of nitrogens with zero attached hydrogens (tertiary/aromatic N) is 2. The number of rotatable bonds is 7. The topological polar surface area (TPSA) is 44.0 Å². The number of benzene rings is 1. The molecule has 0 aliphatic carbocycles. The van der Waals surface area contributed by atoms with Gasteiger partial charge in [0.25, 0.3) is 0 Å². The van der Waals surface area contributed by atoms with Gasteiger partial charge in [0.15, 0.2) is 0 Å². The molecule has 2 N–H and O–H groups in total. The summed E-state index contributed by atoms with van der Waals surface area (Å²) >= 11 is 0. The smallest absolute Gasteiger partial charge is 0.108 e. The second-order valence-corrected chi connectivity index (χ2v) is 5.79.